The normalized spacial score (nSPS) is 28.0. The van der Waals surface area contributed by atoms with Crippen LogP contribution >= 0.6 is 0 Å². The van der Waals surface area contributed by atoms with Crippen molar-refractivity contribution in [2.45, 2.75) is 24.5 Å². The van der Waals surface area contributed by atoms with Gasteiger partial charge in [-0.05, 0) is 0 Å². The molecule has 0 unspecified atom stereocenters. The van der Waals surface area contributed by atoms with E-state index in [0.717, 1.165) is 0 Å². The minimum absolute atomic E-state index is 0.401. The average molecular weight is 322 g/mol. The van der Waals surface area contributed by atoms with Crippen LogP contribution in [0.5, 0.6) is 0 Å². The van der Waals surface area contributed by atoms with Gasteiger partial charge in [-0.1, -0.05) is 0 Å². The Kier molecular flexibility index (Phi) is 4.22. The van der Waals surface area contributed by atoms with E-state index in [1.807, 2.05) is 14.1 Å². The molecule has 4 atom stereocenters. The van der Waals surface area contributed by atoms with Gasteiger partial charge in [0.25, 0.3) is 0 Å². The SMILES string of the molecule is CN(C)C=Nc1ncnc2c1cnn2[C@@H]1O[C@H](CO)[C@@H](O)[C@H]1O. The number of fused-ring (bicyclic) bond motifs is 1. The van der Waals surface area contributed by atoms with E-state index in [9.17, 15) is 15.3 Å². The molecule has 0 radical (unpaired) electrons. The highest BCUT2D eigenvalue weighted by molar-refractivity contribution is 5.86. The average Bonchev–Trinajstić information content (AvgIpc) is 3.08. The molecule has 0 aliphatic carbocycles. The van der Waals surface area contributed by atoms with Crippen molar-refractivity contribution in [3.8, 4) is 0 Å². The Bertz CT molecular complexity index is 718. The van der Waals surface area contributed by atoms with Crippen molar-refractivity contribution in [3.63, 3.8) is 0 Å². The zero-order valence-electron chi connectivity index (χ0n) is 12.7. The van der Waals surface area contributed by atoms with Crippen molar-refractivity contribution >= 4 is 23.2 Å². The number of hydrogen-bond acceptors (Lipinski definition) is 8. The van der Waals surface area contributed by atoms with E-state index in [1.165, 1.54) is 17.2 Å². The first-order chi connectivity index (χ1) is 11.0. The lowest BCUT2D eigenvalue weighted by molar-refractivity contribution is -0.0566. The zero-order valence-corrected chi connectivity index (χ0v) is 12.7. The molecule has 2 aromatic heterocycles. The molecule has 1 saturated heterocycles. The first-order valence-corrected chi connectivity index (χ1v) is 7.04. The van der Waals surface area contributed by atoms with E-state index in [-0.39, 0.29) is 0 Å². The molecular weight excluding hydrogens is 304 g/mol. The van der Waals surface area contributed by atoms with Crippen LogP contribution in [0.15, 0.2) is 17.5 Å². The van der Waals surface area contributed by atoms with Crippen molar-refractivity contribution in [3.05, 3.63) is 12.5 Å². The Morgan fingerprint density at radius 2 is 2.13 bits per heavy atom. The number of hydrogen-bond donors (Lipinski definition) is 3. The molecule has 10 heteroatoms. The Morgan fingerprint density at radius 1 is 1.35 bits per heavy atom. The van der Waals surface area contributed by atoms with Gasteiger partial charge >= 0.3 is 0 Å². The number of rotatable bonds is 4. The quantitative estimate of drug-likeness (QED) is 0.466. The number of aromatic nitrogens is 4. The predicted octanol–water partition coefficient (Wildman–Crippen LogP) is -1.34. The maximum atomic E-state index is 10.1. The van der Waals surface area contributed by atoms with Crippen LogP contribution in [-0.4, -0.2) is 85.3 Å². The predicted molar refractivity (Wildman–Crippen MR) is 80.2 cm³/mol. The van der Waals surface area contributed by atoms with Crippen molar-refractivity contribution in [2.75, 3.05) is 20.7 Å². The van der Waals surface area contributed by atoms with Crippen molar-refractivity contribution in [1.82, 2.24) is 24.6 Å². The molecule has 10 nitrogen and oxygen atoms in total. The van der Waals surface area contributed by atoms with Crippen molar-refractivity contribution in [2.24, 2.45) is 4.99 Å². The highest BCUT2D eigenvalue weighted by Crippen LogP contribution is 2.32. The van der Waals surface area contributed by atoms with Crippen LogP contribution in [0.25, 0.3) is 11.0 Å². The van der Waals surface area contributed by atoms with E-state index in [0.29, 0.717) is 16.9 Å². The topological polar surface area (TPSA) is 129 Å². The number of nitrogens with zero attached hydrogens (tertiary/aromatic N) is 6. The summed E-state index contributed by atoms with van der Waals surface area (Å²) in [7, 11) is 3.68. The lowest BCUT2D eigenvalue weighted by Gasteiger charge is -2.15. The molecule has 0 bridgehead atoms. The molecule has 1 aliphatic heterocycles. The first-order valence-electron chi connectivity index (χ1n) is 7.04. The van der Waals surface area contributed by atoms with Crippen molar-refractivity contribution < 1.29 is 20.1 Å². The Morgan fingerprint density at radius 3 is 2.78 bits per heavy atom. The monoisotopic (exact) mass is 322 g/mol. The molecule has 3 rings (SSSR count). The van der Waals surface area contributed by atoms with Crippen LogP contribution in [-0.2, 0) is 4.74 Å². The number of ether oxygens (including phenoxy) is 1. The van der Waals surface area contributed by atoms with Crippen LogP contribution in [0, 0.1) is 0 Å². The van der Waals surface area contributed by atoms with Gasteiger partial charge < -0.3 is 25.0 Å². The second-order valence-electron chi connectivity index (χ2n) is 5.46. The Balaban J connectivity index is 1.99. The molecule has 124 valence electrons. The molecule has 0 amide bonds. The van der Waals surface area contributed by atoms with Gasteiger partial charge in [-0.15, -0.1) is 0 Å². The molecule has 0 aromatic carbocycles. The van der Waals surface area contributed by atoms with Crippen LogP contribution in [0.4, 0.5) is 5.82 Å². The molecule has 1 aliphatic rings. The van der Waals surface area contributed by atoms with E-state index in [4.69, 9.17) is 4.74 Å². The summed E-state index contributed by atoms with van der Waals surface area (Å²) in [6, 6.07) is 0. The smallest absolute Gasteiger partial charge is 0.181 e. The maximum Gasteiger partial charge on any atom is 0.181 e. The van der Waals surface area contributed by atoms with E-state index in [2.05, 4.69) is 20.1 Å². The molecule has 1 fully saturated rings. The highest BCUT2D eigenvalue weighted by atomic mass is 16.6. The fraction of sp³-hybridized carbons (Fsp3) is 0.538. The van der Waals surface area contributed by atoms with Crippen LogP contribution in [0.3, 0.4) is 0 Å². The standard InChI is InChI=1S/C13H18N6O4/c1-18(2)6-16-11-7-3-17-19(12(7)15-5-14-11)13-10(22)9(21)8(4-20)23-13/h3,5-6,8-10,13,20-22H,4H2,1-2H3/t8-,9-,10-,13-/m1/s1. The number of aliphatic imine (C=N–C) groups is 1. The van der Waals surface area contributed by atoms with E-state index < -0.39 is 31.1 Å². The lowest BCUT2D eigenvalue weighted by Crippen LogP contribution is -2.33. The largest absolute Gasteiger partial charge is 0.394 e. The van der Waals surface area contributed by atoms with Gasteiger partial charge in [0.15, 0.2) is 17.7 Å². The van der Waals surface area contributed by atoms with Gasteiger partial charge in [0.1, 0.15) is 24.6 Å². The Labute approximate surface area is 131 Å². The highest BCUT2D eigenvalue weighted by Gasteiger charge is 2.44. The fourth-order valence-electron chi connectivity index (χ4n) is 2.39. The second-order valence-corrected chi connectivity index (χ2v) is 5.46. The van der Waals surface area contributed by atoms with Crippen molar-refractivity contribution in [1.29, 1.82) is 0 Å². The van der Waals surface area contributed by atoms with E-state index >= 15 is 0 Å². The third kappa shape index (κ3) is 2.77. The number of aliphatic hydroxyl groups excluding tert-OH is 3. The van der Waals surface area contributed by atoms with Gasteiger partial charge in [-0.3, -0.25) is 0 Å². The zero-order chi connectivity index (χ0) is 16.6. The van der Waals surface area contributed by atoms with Crippen LogP contribution in [0.1, 0.15) is 6.23 Å². The molecular formula is C13H18N6O4. The first kappa shape index (κ1) is 15.7. The second kappa shape index (κ2) is 6.16. The Hall–Kier alpha value is -2.14. The van der Waals surface area contributed by atoms with Gasteiger partial charge in [-0.2, -0.15) is 5.10 Å². The summed E-state index contributed by atoms with van der Waals surface area (Å²) in [6.45, 7) is -0.401. The minimum atomic E-state index is -1.22. The number of aliphatic hydroxyl groups is 3. The molecule has 0 spiro atoms. The molecule has 3 N–H and O–H groups in total. The summed E-state index contributed by atoms with van der Waals surface area (Å²) in [6.07, 6.45) is 0.223. The molecule has 0 saturated carbocycles. The lowest BCUT2D eigenvalue weighted by atomic mass is 10.1. The minimum Gasteiger partial charge on any atom is -0.394 e. The van der Waals surface area contributed by atoms with Gasteiger partial charge in [0.05, 0.1) is 24.5 Å². The van der Waals surface area contributed by atoms with Gasteiger partial charge in [0.2, 0.25) is 0 Å². The third-order valence-electron chi connectivity index (χ3n) is 3.54. The fourth-order valence-corrected chi connectivity index (χ4v) is 2.39. The van der Waals surface area contributed by atoms with Gasteiger partial charge in [-0.25, -0.2) is 19.6 Å². The summed E-state index contributed by atoms with van der Waals surface area (Å²) in [4.78, 5) is 14.3. The van der Waals surface area contributed by atoms with Crippen LogP contribution < -0.4 is 0 Å². The summed E-state index contributed by atoms with van der Waals surface area (Å²) in [5, 5.41) is 33.9. The van der Waals surface area contributed by atoms with Crippen LogP contribution in [0.2, 0.25) is 0 Å². The molecule has 2 aromatic rings. The van der Waals surface area contributed by atoms with E-state index in [1.54, 1.807) is 11.2 Å². The third-order valence-corrected chi connectivity index (χ3v) is 3.54. The summed E-state index contributed by atoms with van der Waals surface area (Å²) in [5.41, 5.74) is 0.417. The summed E-state index contributed by atoms with van der Waals surface area (Å²) >= 11 is 0. The summed E-state index contributed by atoms with van der Waals surface area (Å²) < 4.78 is 6.83. The van der Waals surface area contributed by atoms with Gasteiger partial charge in [0, 0.05) is 14.1 Å². The molecule has 3 heterocycles. The summed E-state index contributed by atoms with van der Waals surface area (Å²) in [5.74, 6) is 0.432. The maximum absolute atomic E-state index is 10.1. The molecule has 23 heavy (non-hydrogen) atoms.